The van der Waals surface area contributed by atoms with Crippen molar-refractivity contribution >= 4 is 24.2 Å². The summed E-state index contributed by atoms with van der Waals surface area (Å²) in [6.07, 6.45) is 2.69. The number of rotatable bonds is 5. The standard InChI is InChI=1S/C12H17NS.ClH/c1-3-5-12(13)10-6-8-11(9-7-10)14-4-2;/h3,6-9,12H,1,4-5,13H2,2H3;1H/t12-;/m0./s1. The summed E-state index contributed by atoms with van der Waals surface area (Å²) >= 11 is 1.85. The van der Waals surface area contributed by atoms with Gasteiger partial charge in [-0.3, -0.25) is 0 Å². The van der Waals surface area contributed by atoms with E-state index in [9.17, 15) is 0 Å². The molecule has 0 saturated carbocycles. The van der Waals surface area contributed by atoms with Gasteiger partial charge in [0.1, 0.15) is 0 Å². The summed E-state index contributed by atoms with van der Waals surface area (Å²) in [6.45, 7) is 5.84. The van der Waals surface area contributed by atoms with Crippen LogP contribution in [0.4, 0.5) is 0 Å². The van der Waals surface area contributed by atoms with Gasteiger partial charge in [0.2, 0.25) is 0 Å². The minimum Gasteiger partial charge on any atom is -0.324 e. The third kappa shape index (κ3) is 4.74. The molecule has 0 bridgehead atoms. The van der Waals surface area contributed by atoms with Crippen molar-refractivity contribution in [2.45, 2.75) is 24.3 Å². The van der Waals surface area contributed by atoms with Gasteiger partial charge in [-0.1, -0.05) is 25.1 Å². The van der Waals surface area contributed by atoms with Crippen LogP contribution in [-0.2, 0) is 0 Å². The molecule has 1 aromatic rings. The Bertz CT molecular complexity index is 284. The Hall–Kier alpha value is -0.440. The molecule has 3 heteroatoms. The van der Waals surface area contributed by atoms with Crippen LogP contribution in [0.2, 0.25) is 0 Å². The molecule has 15 heavy (non-hydrogen) atoms. The average molecular weight is 244 g/mol. The van der Waals surface area contributed by atoms with Crippen molar-refractivity contribution in [3.8, 4) is 0 Å². The lowest BCUT2D eigenvalue weighted by Gasteiger charge is -2.09. The van der Waals surface area contributed by atoms with Crippen LogP contribution in [0.25, 0.3) is 0 Å². The van der Waals surface area contributed by atoms with Crippen molar-refractivity contribution in [1.82, 2.24) is 0 Å². The maximum absolute atomic E-state index is 5.95. The van der Waals surface area contributed by atoms with Crippen LogP contribution >= 0.6 is 24.2 Å². The van der Waals surface area contributed by atoms with Crippen LogP contribution < -0.4 is 5.73 Å². The zero-order valence-corrected chi connectivity index (χ0v) is 10.6. The smallest absolute Gasteiger partial charge is 0.0329 e. The normalized spacial score (nSPS) is 11.6. The largest absolute Gasteiger partial charge is 0.324 e. The molecule has 0 spiro atoms. The molecule has 0 aliphatic carbocycles. The number of benzene rings is 1. The van der Waals surface area contributed by atoms with Crippen LogP contribution in [0.3, 0.4) is 0 Å². The molecule has 0 heterocycles. The lowest BCUT2D eigenvalue weighted by Crippen LogP contribution is -2.08. The van der Waals surface area contributed by atoms with E-state index in [0.29, 0.717) is 0 Å². The molecular weight excluding hydrogens is 226 g/mol. The van der Waals surface area contributed by atoms with E-state index in [1.807, 2.05) is 17.8 Å². The van der Waals surface area contributed by atoms with Crippen LogP contribution in [0.15, 0.2) is 41.8 Å². The topological polar surface area (TPSA) is 26.0 Å². The first-order valence-corrected chi connectivity index (χ1v) is 5.85. The highest BCUT2D eigenvalue weighted by Crippen LogP contribution is 2.21. The highest BCUT2D eigenvalue weighted by molar-refractivity contribution is 7.99. The monoisotopic (exact) mass is 243 g/mol. The summed E-state index contributed by atoms with van der Waals surface area (Å²) in [5.41, 5.74) is 7.14. The Kier molecular flexibility index (Phi) is 7.57. The molecule has 0 aromatic heterocycles. The zero-order valence-electron chi connectivity index (χ0n) is 8.98. The summed E-state index contributed by atoms with van der Waals surface area (Å²) < 4.78 is 0. The number of halogens is 1. The predicted octanol–water partition coefficient (Wildman–Crippen LogP) is 3.80. The second kappa shape index (κ2) is 7.80. The molecule has 1 aromatic carbocycles. The Morgan fingerprint density at radius 1 is 1.40 bits per heavy atom. The molecule has 1 atom stereocenters. The maximum Gasteiger partial charge on any atom is 0.0329 e. The molecule has 84 valence electrons. The van der Waals surface area contributed by atoms with Gasteiger partial charge < -0.3 is 5.73 Å². The fraction of sp³-hybridized carbons (Fsp3) is 0.333. The summed E-state index contributed by atoms with van der Waals surface area (Å²) in [4.78, 5) is 1.31. The molecule has 0 aliphatic rings. The second-order valence-electron chi connectivity index (χ2n) is 3.13. The maximum atomic E-state index is 5.95. The lowest BCUT2D eigenvalue weighted by atomic mass is 10.1. The van der Waals surface area contributed by atoms with Gasteiger partial charge in [0.15, 0.2) is 0 Å². The lowest BCUT2D eigenvalue weighted by molar-refractivity contribution is 0.741. The number of nitrogens with two attached hydrogens (primary N) is 1. The van der Waals surface area contributed by atoms with Gasteiger partial charge in [0, 0.05) is 10.9 Å². The first-order chi connectivity index (χ1) is 6.77. The molecule has 0 aliphatic heterocycles. The fourth-order valence-corrected chi connectivity index (χ4v) is 1.96. The molecule has 0 unspecified atom stereocenters. The molecular formula is C12H18ClNS. The van der Waals surface area contributed by atoms with Gasteiger partial charge in [-0.05, 0) is 29.9 Å². The van der Waals surface area contributed by atoms with Gasteiger partial charge in [-0.15, -0.1) is 30.7 Å². The third-order valence-corrected chi connectivity index (χ3v) is 2.93. The number of hydrogen-bond donors (Lipinski definition) is 1. The van der Waals surface area contributed by atoms with Gasteiger partial charge in [-0.2, -0.15) is 0 Å². The summed E-state index contributed by atoms with van der Waals surface area (Å²) in [5.74, 6) is 1.11. The predicted molar refractivity (Wildman–Crippen MR) is 71.8 cm³/mol. The molecule has 0 radical (unpaired) electrons. The molecule has 1 nitrogen and oxygen atoms in total. The van der Waals surface area contributed by atoms with Gasteiger partial charge in [0.25, 0.3) is 0 Å². The SMILES string of the molecule is C=CC[C@H](N)c1ccc(SCC)cc1.Cl. The van der Waals surface area contributed by atoms with Crippen LogP contribution in [-0.4, -0.2) is 5.75 Å². The third-order valence-electron chi connectivity index (χ3n) is 2.04. The van der Waals surface area contributed by atoms with E-state index >= 15 is 0 Å². The van der Waals surface area contributed by atoms with Gasteiger partial charge in [-0.25, -0.2) is 0 Å². The Labute approximate surface area is 103 Å². The van der Waals surface area contributed by atoms with Crippen LogP contribution in [0.5, 0.6) is 0 Å². The van der Waals surface area contributed by atoms with Crippen molar-refractivity contribution in [1.29, 1.82) is 0 Å². The van der Waals surface area contributed by atoms with Crippen molar-refractivity contribution in [3.05, 3.63) is 42.5 Å². The van der Waals surface area contributed by atoms with E-state index < -0.39 is 0 Å². The summed E-state index contributed by atoms with van der Waals surface area (Å²) in [6, 6.07) is 8.56. The summed E-state index contributed by atoms with van der Waals surface area (Å²) in [5, 5.41) is 0. The van der Waals surface area contributed by atoms with E-state index in [2.05, 4.69) is 37.8 Å². The number of hydrogen-bond acceptors (Lipinski definition) is 2. The molecule has 1 rings (SSSR count). The fourth-order valence-electron chi connectivity index (χ4n) is 1.29. The Morgan fingerprint density at radius 3 is 2.47 bits per heavy atom. The van der Waals surface area contributed by atoms with Crippen molar-refractivity contribution in [2.24, 2.45) is 5.73 Å². The molecule has 0 saturated heterocycles. The minimum atomic E-state index is 0. The van der Waals surface area contributed by atoms with Crippen LogP contribution in [0.1, 0.15) is 24.9 Å². The Morgan fingerprint density at radius 2 is 2.00 bits per heavy atom. The molecule has 0 amide bonds. The van der Waals surface area contributed by atoms with E-state index in [0.717, 1.165) is 12.2 Å². The first kappa shape index (κ1) is 14.6. The minimum absolute atomic E-state index is 0. The van der Waals surface area contributed by atoms with E-state index in [1.54, 1.807) is 0 Å². The second-order valence-corrected chi connectivity index (χ2v) is 4.47. The summed E-state index contributed by atoms with van der Waals surface area (Å²) in [7, 11) is 0. The van der Waals surface area contributed by atoms with Crippen molar-refractivity contribution < 1.29 is 0 Å². The van der Waals surface area contributed by atoms with Crippen molar-refractivity contribution in [2.75, 3.05) is 5.75 Å². The zero-order chi connectivity index (χ0) is 10.4. The molecule has 2 N–H and O–H groups in total. The van der Waals surface area contributed by atoms with Gasteiger partial charge in [0.05, 0.1) is 0 Å². The molecule has 0 fully saturated rings. The Balaban J connectivity index is 0.00000196. The van der Waals surface area contributed by atoms with E-state index in [4.69, 9.17) is 5.73 Å². The van der Waals surface area contributed by atoms with Crippen LogP contribution in [0, 0.1) is 0 Å². The van der Waals surface area contributed by atoms with E-state index in [1.165, 1.54) is 10.5 Å². The quantitative estimate of drug-likeness (QED) is 0.629. The highest BCUT2D eigenvalue weighted by atomic mass is 35.5. The average Bonchev–Trinajstić information content (AvgIpc) is 2.20. The first-order valence-electron chi connectivity index (χ1n) is 4.87. The van der Waals surface area contributed by atoms with Gasteiger partial charge >= 0.3 is 0 Å². The van der Waals surface area contributed by atoms with Crippen molar-refractivity contribution in [3.63, 3.8) is 0 Å². The van der Waals surface area contributed by atoms with E-state index in [-0.39, 0.29) is 18.4 Å². The number of thioether (sulfide) groups is 1. The highest BCUT2D eigenvalue weighted by Gasteiger charge is 2.02.